The van der Waals surface area contributed by atoms with E-state index in [1.54, 1.807) is 23.1 Å². The Hall–Kier alpha value is -5.09. The second-order valence-electron chi connectivity index (χ2n) is 12.2. The number of ether oxygens (including phenoxy) is 2. The van der Waals surface area contributed by atoms with Crippen LogP contribution in [0.1, 0.15) is 43.7 Å². The van der Waals surface area contributed by atoms with Crippen molar-refractivity contribution < 1.29 is 52.7 Å². The highest BCUT2D eigenvalue weighted by molar-refractivity contribution is 6.02. The smallest absolute Gasteiger partial charge is 0.416 e. The van der Waals surface area contributed by atoms with E-state index in [1.165, 1.54) is 12.5 Å². The molecule has 3 aromatic heterocycles. The highest BCUT2D eigenvalue weighted by Crippen LogP contribution is 2.39. The number of amides is 1. The molecule has 18 heteroatoms. The molecular weight excluding hydrogens is 667 g/mol. The molecule has 0 spiro atoms. The van der Waals surface area contributed by atoms with Crippen LogP contribution in [0.15, 0.2) is 49.2 Å². The van der Waals surface area contributed by atoms with Gasteiger partial charge in [0, 0.05) is 30.4 Å². The zero-order chi connectivity index (χ0) is 35.9. The fourth-order valence-electron chi connectivity index (χ4n) is 6.48. The van der Waals surface area contributed by atoms with Crippen LogP contribution < -0.4 is 9.64 Å². The van der Waals surface area contributed by atoms with Crippen molar-refractivity contribution in [1.82, 2.24) is 24.3 Å². The van der Waals surface area contributed by atoms with Gasteiger partial charge in [0.05, 0.1) is 41.7 Å². The first kappa shape index (κ1) is 34.8. The van der Waals surface area contributed by atoms with E-state index in [0.29, 0.717) is 34.7 Å². The molecule has 1 unspecified atom stereocenters. The lowest BCUT2D eigenvalue weighted by molar-refractivity contribution is -0.271. The molecule has 1 aromatic carbocycles. The predicted molar refractivity (Wildman–Crippen MR) is 166 cm³/mol. The molecule has 6 rings (SSSR count). The number of carbonyl (C=O) groups is 2. The fraction of sp³-hybridized carbons (Fsp3) is 0.438. The number of hydrogen-bond donors (Lipinski definition) is 4. The number of anilines is 1. The van der Waals surface area contributed by atoms with Crippen molar-refractivity contribution in [3.63, 3.8) is 0 Å². The summed E-state index contributed by atoms with van der Waals surface area (Å²) in [4.78, 5) is 34.9. The van der Waals surface area contributed by atoms with Crippen molar-refractivity contribution in [1.29, 1.82) is 5.26 Å². The van der Waals surface area contributed by atoms with Crippen LogP contribution >= 0.6 is 0 Å². The summed E-state index contributed by atoms with van der Waals surface area (Å²) >= 11 is 0. The maximum absolute atomic E-state index is 13.9. The molecule has 0 bridgehead atoms. The van der Waals surface area contributed by atoms with Gasteiger partial charge in [-0.3, -0.25) is 14.1 Å². The third-order valence-electron chi connectivity index (χ3n) is 9.14. The van der Waals surface area contributed by atoms with Gasteiger partial charge in [-0.15, -0.1) is 0 Å². The van der Waals surface area contributed by atoms with E-state index in [0.717, 1.165) is 48.3 Å². The van der Waals surface area contributed by atoms with Crippen molar-refractivity contribution in [2.45, 2.75) is 75.0 Å². The van der Waals surface area contributed by atoms with E-state index in [1.807, 2.05) is 0 Å². The lowest BCUT2D eigenvalue weighted by Crippen LogP contribution is -2.61. The highest BCUT2D eigenvalue weighted by Gasteiger charge is 2.48. The molecule has 4 aromatic rings. The number of nitrogens with zero attached hydrogens (tertiary/aromatic N) is 7. The van der Waals surface area contributed by atoms with Crippen LogP contribution in [0.3, 0.4) is 0 Å². The summed E-state index contributed by atoms with van der Waals surface area (Å²) in [7, 11) is 1.16. The Morgan fingerprint density at radius 1 is 1.14 bits per heavy atom. The molecule has 1 saturated heterocycles. The number of halogens is 3. The second kappa shape index (κ2) is 13.7. The third-order valence-corrected chi connectivity index (χ3v) is 9.14. The summed E-state index contributed by atoms with van der Waals surface area (Å²) in [5, 5.41) is 54.4. The standard InChI is InChI=1S/C32H32F3N7O8/c1-40(21-12-18(32(33,34)35)6-7-22(21)49-30-26(45)24(43)25(44)27(50-30)29(46)47)31(48)41-11-9-19-23(37-15-38-28(19)41)17-13-39-42(14-17)20(8-10-36)16-4-2-3-5-16/h6-7,9,11-16,20,24-27,30,43-45H,2-5,8H2,1H3,(H,46,47)/t20?,24-,25-,26+,27-,30+/m0/s1. The number of alkyl halides is 3. The molecule has 1 amide bonds. The van der Waals surface area contributed by atoms with E-state index in [4.69, 9.17) is 9.47 Å². The van der Waals surface area contributed by atoms with Gasteiger partial charge in [0.1, 0.15) is 30.4 Å². The largest absolute Gasteiger partial charge is 0.479 e. The molecular formula is C32H32F3N7O8. The van der Waals surface area contributed by atoms with Gasteiger partial charge in [0.25, 0.3) is 0 Å². The summed E-state index contributed by atoms with van der Waals surface area (Å²) < 4.78 is 55.0. The fourth-order valence-corrected chi connectivity index (χ4v) is 6.48. The molecule has 1 saturated carbocycles. The Kier molecular flexibility index (Phi) is 9.50. The molecule has 4 N–H and O–H groups in total. The van der Waals surface area contributed by atoms with E-state index in [-0.39, 0.29) is 18.1 Å². The van der Waals surface area contributed by atoms with Crippen LogP contribution in [0.4, 0.5) is 23.7 Å². The van der Waals surface area contributed by atoms with E-state index in [2.05, 4.69) is 21.1 Å². The number of aromatic nitrogens is 5. The first-order valence-corrected chi connectivity index (χ1v) is 15.6. The van der Waals surface area contributed by atoms with Gasteiger partial charge in [-0.2, -0.15) is 23.5 Å². The number of aliphatic hydroxyl groups excluding tert-OH is 3. The van der Waals surface area contributed by atoms with Crippen molar-refractivity contribution >= 4 is 28.7 Å². The number of rotatable bonds is 8. The van der Waals surface area contributed by atoms with Gasteiger partial charge in [0.15, 0.2) is 11.8 Å². The molecule has 4 heterocycles. The minimum absolute atomic E-state index is 0.110. The molecule has 50 heavy (non-hydrogen) atoms. The number of carboxylic acids is 1. The monoisotopic (exact) mass is 699 g/mol. The van der Waals surface area contributed by atoms with Gasteiger partial charge in [0.2, 0.25) is 6.29 Å². The Bertz CT molecular complexity index is 1940. The zero-order valence-corrected chi connectivity index (χ0v) is 26.4. The maximum Gasteiger partial charge on any atom is 0.416 e. The number of fused-ring (bicyclic) bond motifs is 1. The Morgan fingerprint density at radius 2 is 1.88 bits per heavy atom. The van der Waals surface area contributed by atoms with E-state index >= 15 is 0 Å². The number of aliphatic hydroxyl groups is 3. The van der Waals surface area contributed by atoms with Gasteiger partial charge < -0.3 is 29.9 Å². The number of nitriles is 1. The van der Waals surface area contributed by atoms with Crippen molar-refractivity contribution in [2.75, 3.05) is 11.9 Å². The average molecular weight is 700 g/mol. The highest BCUT2D eigenvalue weighted by atomic mass is 19.4. The summed E-state index contributed by atoms with van der Waals surface area (Å²) in [6, 6.07) is 4.92. The minimum atomic E-state index is -4.84. The first-order chi connectivity index (χ1) is 23.8. The average Bonchev–Trinajstić information content (AvgIpc) is 3.88. The number of hydrogen-bond acceptors (Lipinski definition) is 11. The van der Waals surface area contributed by atoms with Crippen LogP contribution in [-0.4, -0.2) is 94.5 Å². The summed E-state index contributed by atoms with van der Waals surface area (Å²) in [6.07, 6.45) is -4.50. The van der Waals surface area contributed by atoms with E-state index < -0.39 is 65.9 Å². The SMILES string of the molecule is CN(C(=O)n1ccc2c(-c3cnn(C(CC#N)C4CCCC4)c3)ncnc21)c1cc(C(F)(F)F)ccc1O[C@@H]1O[C@H](C(=O)O)[C@@H](O)[C@H](O)[C@H]1O. The quantitative estimate of drug-likeness (QED) is 0.209. The molecule has 15 nitrogen and oxygen atoms in total. The molecule has 2 fully saturated rings. The number of aliphatic carboxylic acids is 1. The van der Waals surface area contributed by atoms with Gasteiger partial charge in [-0.1, -0.05) is 12.8 Å². The summed E-state index contributed by atoms with van der Waals surface area (Å²) in [5.74, 6) is -1.82. The van der Waals surface area contributed by atoms with Crippen LogP contribution in [0.25, 0.3) is 22.3 Å². The zero-order valence-electron chi connectivity index (χ0n) is 26.4. The predicted octanol–water partition coefficient (Wildman–Crippen LogP) is 3.33. The number of carboxylic acid groups (broad SMARTS) is 1. The lowest BCUT2D eigenvalue weighted by Gasteiger charge is -2.38. The maximum atomic E-state index is 13.9. The molecule has 1 aliphatic heterocycles. The van der Waals surface area contributed by atoms with Crippen molar-refractivity contribution in [3.05, 3.63) is 54.7 Å². The number of benzene rings is 1. The first-order valence-electron chi connectivity index (χ1n) is 15.6. The second-order valence-corrected chi connectivity index (χ2v) is 12.2. The third kappa shape index (κ3) is 6.47. The van der Waals surface area contributed by atoms with Gasteiger partial charge >= 0.3 is 18.2 Å². The van der Waals surface area contributed by atoms with Crippen molar-refractivity contribution in [2.24, 2.45) is 5.92 Å². The van der Waals surface area contributed by atoms with Crippen LogP contribution in [0, 0.1) is 17.2 Å². The van der Waals surface area contributed by atoms with Gasteiger partial charge in [-0.05, 0) is 43.0 Å². The number of carbonyl (C=O) groups excluding carboxylic acids is 1. The molecule has 264 valence electrons. The van der Waals surface area contributed by atoms with Gasteiger partial charge in [-0.25, -0.2) is 19.6 Å². The Labute approximate surface area is 281 Å². The Balaban J connectivity index is 1.32. The van der Waals surface area contributed by atoms with Crippen LogP contribution in [0.2, 0.25) is 0 Å². The Morgan fingerprint density at radius 3 is 2.56 bits per heavy atom. The minimum Gasteiger partial charge on any atom is -0.479 e. The van der Waals surface area contributed by atoms with Crippen LogP contribution in [-0.2, 0) is 15.7 Å². The summed E-state index contributed by atoms with van der Waals surface area (Å²) in [6.45, 7) is 0. The molecule has 0 radical (unpaired) electrons. The molecule has 6 atom stereocenters. The normalized spacial score (nSPS) is 23.4. The molecule has 2 aliphatic rings. The molecule has 1 aliphatic carbocycles. The summed E-state index contributed by atoms with van der Waals surface area (Å²) in [5.41, 5.74) is -0.470. The topological polar surface area (TPSA) is 209 Å². The van der Waals surface area contributed by atoms with E-state index in [9.17, 15) is 48.4 Å². The lowest BCUT2D eigenvalue weighted by atomic mass is 9.96. The van der Waals surface area contributed by atoms with Crippen LogP contribution in [0.5, 0.6) is 5.75 Å². The van der Waals surface area contributed by atoms with Crippen molar-refractivity contribution in [3.8, 4) is 23.1 Å².